The van der Waals surface area contributed by atoms with E-state index in [4.69, 9.17) is 5.26 Å². The molecule has 2 heterocycles. The first-order valence-corrected chi connectivity index (χ1v) is 9.29. The van der Waals surface area contributed by atoms with E-state index in [1.54, 1.807) is 25.2 Å². The molecule has 0 bridgehead atoms. The number of amides is 1. The van der Waals surface area contributed by atoms with Crippen molar-refractivity contribution in [3.8, 4) is 6.07 Å². The van der Waals surface area contributed by atoms with Crippen molar-refractivity contribution < 1.29 is 4.79 Å². The molecule has 1 N–H and O–H groups in total. The molecule has 0 fully saturated rings. The first kappa shape index (κ1) is 17.8. The Hall–Kier alpha value is -2.96. The molecule has 0 atom stereocenters. The van der Waals surface area contributed by atoms with Crippen molar-refractivity contribution in [2.75, 3.05) is 5.32 Å². The van der Waals surface area contributed by atoms with Gasteiger partial charge in [-0.3, -0.25) is 14.9 Å². The molecule has 0 saturated heterocycles. The van der Waals surface area contributed by atoms with E-state index in [0.717, 1.165) is 5.56 Å². The smallest absolute Gasteiger partial charge is 0.257 e. The summed E-state index contributed by atoms with van der Waals surface area (Å²) in [7, 11) is 1.62. The van der Waals surface area contributed by atoms with E-state index >= 15 is 0 Å². The molecular formula is C17H13N5O2S2. The second kappa shape index (κ2) is 7.95. The number of aryl methyl sites for hydroxylation is 1. The molecule has 1 aromatic carbocycles. The van der Waals surface area contributed by atoms with E-state index in [1.165, 1.54) is 39.9 Å². The predicted octanol–water partition coefficient (Wildman–Crippen LogP) is 2.65. The largest absolute Gasteiger partial charge is 0.319 e. The lowest BCUT2D eigenvalue weighted by atomic mass is 10.2. The van der Waals surface area contributed by atoms with Gasteiger partial charge in [-0.1, -0.05) is 35.2 Å². The maximum atomic E-state index is 12.2. The molecule has 0 spiro atoms. The molecule has 0 saturated carbocycles. The van der Waals surface area contributed by atoms with Gasteiger partial charge in [-0.2, -0.15) is 5.26 Å². The Balaban J connectivity index is 1.60. The highest BCUT2D eigenvalue weighted by Crippen LogP contribution is 2.28. The lowest BCUT2D eigenvalue weighted by molar-refractivity contribution is 0.102. The normalized spacial score (nSPS) is 10.3. The number of carbonyl (C=O) groups is 1. The maximum absolute atomic E-state index is 12.2. The van der Waals surface area contributed by atoms with E-state index in [-0.39, 0.29) is 11.1 Å². The summed E-state index contributed by atoms with van der Waals surface area (Å²) in [5.74, 6) is 0.283. The molecular weight excluding hydrogens is 370 g/mol. The molecule has 130 valence electrons. The first-order chi connectivity index (χ1) is 12.5. The first-order valence-electron chi connectivity index (χ1n) is 7.48. The Kier molecular flexibility index (Phi) is 5.46. The molecule has 0 aliphatic rings. The zero-order chi connectivity index (χ0) is 18.5. The second-order valence-corrected chi connectivity index (χ2v) is 7.49. The van der Waals surface area contributed by atoms with Crippen LogP contribution in [0.25, 0.3) is 0 Å². The summed E-state index contributed by atoms with van der Waals surface area (Å²) in [4.78, 5) is 23.8. The molecule has 26 heavy (non-hydrogen) atoms. The van der Waals surface area contributed by atoms with Crippen LogP contribution in [0.5, 0.6) is 0 Å². The standard InChI is InChI=1S/C17H13N5O2S2/c1-22-7-6-13(8-14(22)23)15(24)19-16-20-21-17(26-16)25-10-12-4-2-11(9-18)3-5-12/h2-8H,10H2,1H3,(H,19,20,24). The van der Waals surface area contributed by atoms with Crippen molar-refractivity contribution in [1.29, 1.82) is 5.26 Å². The van der Waals surface area contributed by atoms with E-state index in [2.05, 4.69) is 21.6 Å². The van der Waals surface area contributed by atoms with Crippen LogP contribution in [0.2, 0.25) is 0 Å². The van der Waals surface area contributed by atoms with Crippen LogP contribution in [0, 0.1) is 11.3 Å². The Morgan fingerprint density at radius 3 is 2.77 bits per heavy atom. The van der Waals surface area contributed by atoms with Crippen molar-refractivity contribution in [2.24, 2.45) is 7.05 Å². The Bertz CT molecular complexity index is 1030. The van der Waals surface area contributed by atoms with Gasteiger partial charge in [0, 0.05) is 30.6 Å². The Morgan fingerprint density at radius 2 is 2.08 bits per heavy atom. The number of rotatable bonds is 5. The van der Waals surface area contributed by atoms with Gasteiger partial charge in [0.15, 0.2) is 4.34 Å². The third kappa shape index (κ3) is 4.36. The summed E-state index contributed by atoms with van der Waals surface area (Å²) in [5.41, 5.74) is 1.70. The molecule has 0 aliphatic carbocycles. The van der Waals surface area contributed by atoms with Gasteiger partial charge in [-0.15, -0.1) is 10.2 Å². The zero-order valence-electron chi connectivity index (χ0n) is 13.7. The highest BCUT2D eigenvalue weighted by Gasteiger charge is 2.11. The van der Waals surface area contributed by atoms with Gasteiger partial charge in [0.1, 0.15) is 0 Å². The van der Waals surface area contributed by atoms with Crippen molar-refractivity contribution in [2.45, 2.75) is 10.1 Å². The average molecular weight is 383 g/mol. The van der Waals surface area contributed by atoms with Crippen molar-refractivity contribution in [3.63, 3.8) is 0 Å². The lowest BCUT2D eigenvalue weighted by Crippen LogP contribution is -2.19. The monoisotopic (exact) mass is 383 g/mol. The third-order valence-corrected chi connectivity index (χ3v) is 5.48. The molecule has 7 nitrogen and oxygen atoms in total. The van der Waals surface area contributed by atoms with Gasteiger partial charge >= 0.3 is 0 Å². The van der Waals surface area contributed by atoms with Crippen LogP contribution in [0.4, 0.5) is 5.13 Å². The van der Waals surface area contributed by atoms with Crippen LogP contribution < -0.4 is 10.9 Å². The summed E-state index contributed by atoms with van der Waals surface area (Å²) in [6.45, 7) is 0. The summed E-state index contributed by atoms with van der Waals surface area (Å²) in [5, 5.41) is 19.8. The number of pyridine rings is 1. The maximum Gasteiger partial charge on any atom is 0.257 e. The third-order valence-electron chi connectivity index (χ3n) is 3.44. The van der Waals surface area contributed by atoms with Crippen LogP contribution in [0.15, 0.2) is 51.7 Å². The lowest BCUT2D eigenvalue weighted by Gasteiger charge is -2.02. The van der Waals surface area contributed by atoms with Gasteiger partial charge in [-0.05, 0) is 23.8 Å². The minimum Gasteiger partial charge on any atom is -0.319 e. The highest BCUT2D eigenvalue weighted by atomic mass is 32.2. The minimum atomic E-state index is -0.400. The summed E-state index contributed by atoms with van der Waals surface area (Å²) in [6, 6.07) is 12.3. The van der Waals surface area contributed by atoms with Crippen LogP contribution >= 0.6 is 23.1 Å². The van der Waals surface area contributed by atoms with E-state index in [9.17, 15) is 9.59 Å². The quantitative estimate of drug-likeness (QED) is 0.537. The molecule has 0 unspecified atom stereocenters. The summed E-state index contributed by atoms with van der Waals surface area (Å²) < 4.78 is 2.10. The van der Waals surface area contributed by atoms with Crippen molar-refractivity contribution in [1.82, 2.24) is 14.8 Å². The van der Waals surface area contributed by atoms with Crippen molar-refractivity contribution in [3.05, 3.63) is 69.6 Å². The van der Waals surface area contributed by atoms with Crippen LogP contribution in [-0.4, -0.2) is 20.7 Å². The molecule has 3 aromatic rings. The molecule has 1 amide bonds. The van der Waals surface area contributed by atoms with Crippen LogP contribution in [0.3, 0.4) is 0 Å². The Labute approximate surface area is 157 Å². The average Bonchev–Trinajstić information content (AvgIpc) is 3.10. The number of nitrogens with zero attached hydrogens (tertiary/aromatic N) is 4. The van der Waals surface area contributed by atoms with Crippen LogP contribution in [0.1, 0.15) is 21.5 Å². The minimum absolute atomic E-state index is 0.256. The van der Waals surface area contributed by atoms with Crippen molar-refractivity contribution >= 4 is 34.1 Å². The number of anilines is 1. The van der Waals surface area contributed by atoms with Gasteiger partial charge in [0.25, 0.3) is 11.5 Å². The predicted molar refractivity (Wildman–Crippen MR) is 100 cm³/mol. The fraction of sp³-hybridized carbons (Fsp3) is 0.118. The summed E-state index contributed by atoms with van der Waals surface area (Å²) >= 11 is 2.76. The second-order valence-electron chi connectivity index (χ2n) is 5.29. The van der Waals surface area contributed by atoms with Crippen LogP contribution in [-0.2, 0) is 12.8 Å². The summed E-state index contributed by atoms with van der Waals surface area (Å²) in [6.07, 6.45) is 1.54. The van der Waals surface area contributed by atoms with Gasteiger partial charge < -0.3 is 4.57 Å². The number of benzene rings is 1. The van der Waals surface area contributed by atoms with Gasteiger partial charge in [0.2, 0.25) is 5.13 Å². The van der Waals surface area contributed by atoms with E-state index in [1.807, 2.05) is 12.1 Å². The van der Waals surface area contributed by atoms with E-state index in [0.29, 0.717) is 20.8 Å². The van der Waals surface area contributed by atoms with Gasteiger partial charge in [-0.25, -0.2) is 0 Å². The fourth-order valence-corrected chi connectivity index (χ4v) is 3.70. The number of hydrogen-bond acceptors (Lipinski definition) is 7. The molecule has 0 radical (unpaired) electrons. The fourth-order valence-electron chi connectivity index (χ4n) is 2.00. The number of carbonyl (C=O) groups excluding carboxylic acids is 1. The number of thioether (sulfide) groups is 1. The highest BCUT2D eigenvalue weighted by molar-refractivity contribution is 8.00. The molecule has 2 aromatic heterocycles. The topological polar surface area (TPSA) is 101 Å². The number of nitriles is 1. The van der Waals surface area contributed by atoms with E-state index < -0.39 is 5.91 Å². The number of hydrogen-bond donors (Lipinski definition) is 1. The Morgan fingerprint density at radius 1 is 1.31 bits per heavy atom. The molecule has 3 rings (SSSR count). The zero-order valence-corrected chi connectivity index (χ0v) is 15.3. The number of nitrogens with one attached hydrogen (secondary N) is 1. The SMILES string of the molecule is Cn1ccc(C(=O)Nc2nnc(SCc3ccc(C#N)cc3)s2)cc1=O. The van der Waals surface area contributed by atoms with Gasteiger partial charge in [0.05, 0.1) is 11.6 Å². The molecule has 0 aliphatic heterocycles. The number of aromatic nitrogens is 3. The molecule has 9 heteroatoms.